The van der Waals surface area contributed by atoms with Crippen molar-refractivity contribution in [1.82, 2.24) is 25.3 Å². The van der Waals surface area contributed by atoms with Gasteiger partial charge in [-0.3, -0.25) is 14.7 Å². The number of carbonyl (C=O) groups is 1. The van der Waals surface area contributed by atoms with Crippen molar-refractivity contribution >= 4 is 5.91 Å². The molecule has 2 saturated heterocycles. The number of amides is 1. The average Bonchev–Trinajstić information content (AvgIpc) is 3.31. The Hall–Kier alpha value is -2.32. The number of hydrogen-bond donors (Lipinski definition) is 1. The number of nitrogens with zero attached hydrogens (tertiary/aromatic N) is 4. The molecular formula is C18H23N5O3. The Balaban J connectivity index is 1.33. The number of carbonyl (C=O) groups excluding carboxylic acids is 1. The Kier molecular flexibility index (Phi) is 4.69. The number of nitrogens with one attached hydrogen (secondary N) is 1. The van der Waals surface area contributed by atoms with Crippen LogP contribution in [0, 0.1) is 25.7 Å². The molecule has 2 aliphatic heterocycles. The number of rotatable bonds is 5. The van der Waals surface area contributed by atoms with Gasteiger partial charge in [-0.05, 0) is 13.8 Å². The lowest BCUT2D eigenvalue weighted by Crippen LogP contribution is -2.34. The molecule has 2 aliphatic rings. The molecule has 0 aliphatic carbocycles. The second-order valence-corrected chi connectivity index (χ2v) is 7.09. The van der Waals surface area contributed by atoms with E-state index in [1.54, 1.807) is 6.20 Å². The zero-order chi connectivity index (χ0) is 18.1. The highest BCUT2D eigenvalue weighted by Gasteiger charge is 2.43. The Morgan fingerprint density at radius 1 is 1.35 bits per heavy atom. The molecule has 1 amide bonds. The van der Waals surface area contributed by atoms with Gasteiger partial charge < -0.3 is 14.6 Å². The standard InChI is InChI=1S/C18H23N5O3/c1-11-14(12(2)26-22-11)7-23-8-15-13(10-25-17(15)9-23)5-21-18(24)16-6-19-3-4-20-16/h3-4,6,13,15,17H,5,7-10H2,1-2H3,(H,21,24)/t13-,15-,17-/m0/s1. The van der Waals surface area contributed by atoms with Crippen LogP contribution in [-0.4, -0.2) is 58.3 Å². The van der Waals surface area contributed by atoms with Gasteiger partial charge in [0.25, 0.3) is 5.91 Å². The van der Waals surface area contributed by atoms with Crippen LogP contribution in [-0.2, 0) is 11.3 Å². The van der Waals surface area contributed by atoms with Gasteiger partial charge in [0.05, 0.1) is 24.6 Å². The predicted molar refractivity (Wildman–Crippen MR) is 92.3 cm³/mol. The Labute approximate surface area is 151 Å². The van der Waals surface area contributed by atoms with E-state index in [4.69, 9.17) is 9.26 Å². The highest BCUT2D eigenvalue weighted by atomic mass is 16.5. The number of ether oxygens (including phenoxy) is 1. The van der Waals surface area contributed by atoms with E-state index in [0.717, 1.165) is 36.7 Å². The maximum Gasteiger partial charge on any atom is 0.271 e. The van der Waals surface area contributed by atoms with Crippen LogP contribution in [0.4, 0.5) is 0 Å². The molecule has 0 radical (unpaired) electrons. The zero-order valence-corrected chi connectivity index (χ0v) is 15.0. The third-order valence-electron chi connectivity index (χ3n) is 5.40. The van der Waals surface area contributed by atoms with Crippen molar-refractivity contribution in [1.29, 1.82) is 0 Å². The van der Waals surface area contributed by atoms with Gasteiger partial charge in [0.15, 0.2) is 0 Å². The summed E-state index contributed by atoms with van der Waals surface area (Å²) in [5.41, 5.74) is 2.46. The van der Waals surface area contributed by atoms with Crippen LogP contribution in [0.3, 0.4) is 0 Å². The first-order valence-electron chi connectivity index (χ1n) is 8.91. The van der Waals surface area contributed by atoms with Gasteiger partial charge in [-0.2, -0.15) is 0 Å². The number of fused-ring (bicyclic) bond motifs is 1. The molecule has 26 heavy (non-hydrogen) atoms. The maximum atomic E-state index is 12.2. The third-order valence-corrected chi connectivity index (χ3v) is 5.40. The Bertz CT molecular complexity index is 759. The van der Waals surface area contributed by atoms with Gasteiger partial charge in [0.1, 0.15) is 11.5 Å². The molecule has 8 heteroatoms. The monoisotopic (exact) mass is 357 g/mol. The normalized spacial score (nSPS) is 25.4. The van der Waals surface area contributed by atoms with Gasteiger partial charge in [-0.15, -0.1) is 0 Å². The number of aryl methyl sites for hydroxylation is 2. The highest BCUT2D eigenvalue weighted by molar-refractivity contribution is 5.91. The molecule has 2 aromatic rings. The molecule has 0 bridgehead atoms. The largest absolute Gasteiger partial charge is 0.376 e. The first-order chi connectivity index (χ1) is 12.6. The average molecular weight is 357 g/mol. The van der Waals surface area contributed by atoms with E-state index in [-0.39, 0.29) is 12.0 Å². The van der Waals surface area contributed by atoms with Crippen molar-refractivity contribution in [3.63, 3.8) is 0 Å². The SMILES string of the molecule is Cc1noc(C)c1CN1C[C@H]2[C@@H](CNC(=O)c3cnccn3)CO[C@H]2C1. The summed E-state index contributed by atoms with van der Waals surface area (Å²) < 4.78 is 11.2. The van der Waals surface area contributed by atoms with Crippen LogP contribution in [0.2, 0.25) is 0 Å². The highest BCUT2D eigenvalue weighted by Crippen LogP contribution is 2.34. The minimum absolute atomic E-state index is 0.188. The van der Waals surface area contributed by atoms with Crippen LogP contribution in [0.1, 0.15) is 27.5 Å². The summed E-state index contributed by atoms with van der Waals surface area (Å²) in [5, 5.41) is 7.00. The van der Waals surface area contributed by atoms with Crippen molar-refractivity contribution in [2.45, 2.75) is 26.5 Å². The molecule has 2 aromatic heterocycles. The van der Waals surface area contributed by atoms with Crippen molar-refractivity contribution in [3.05, 3.63) is 41.3 Å². The summed E-state index contributed by atoms with van der Waals surface area (Å²) in [6.07, 6.45) is 4.78. The van der Waals surface area contributed by atoms with Crippen LogP contribution in [0.5, 0.6) is 0 Å². The van der Waals surface area contributed by atoms with Crippen LogP contribution >= 0.6 is 0 Å². The van der Waals surface area contributed by atoms with E-state index >= 15 is 0 Å². The third kappa shape index (κ3) is 3.34. The molecule has 0 spiro atoms. The lowest BCUT2D eigenvalue weighted by Gasteiger charge is -2.19. The second-order valence-electron chi connectivity index (χ2n) is 7.09. The molecule has 3 atom stereocenters. The van der Waals surface area contributed by atoms with Crippen LogP contribution in [0.25, 0.3) is 0 Å². The smallest absolute Gasteiger partial charge is 0.271 e. The molecular weight excluding hydrogens is 334 g/mol. The molecule has 1 N–H and O–H groups in total. The van der Waals surface area contributed by atoms with Crippen molar-refractivity contribution < 1.29 is 14.1 Å². The number of hydrogen-bond acceptors (Lipinski definition) is 7. The first-order valence-corrected chi connectivity index (χ1v) is 8.91. The fourth-order valence-electron chi connectivity index (χ4n) is 3.90. The quantitative estimate of drug-likeness (QED) is 0.852. The topological polar surface area (TPSA) is 93.4 Å². The predicted octanol–water partition coefficient (Wildman–Crippen LogP) is 0.958. The van der Waals surface area contributed by atoms with Crippen molar-refractivity contribution in [2.75, 3.05) is 26.2 Å². The van der Waals surface area contributed by atoms with E-state index < -0.39 is 0 Å². The van der Waals surface area contributed by atoms with Gasteiger partial charge in [-0.1, -0.05) is 5.16 Å². The zero-order valence-electron chi connectivity index (χ0n) is 15.0. The van der Waals surface area contributed by atoms with E-state index in [9.17, 15) is 4.79 Å². The van der Waals surface area contributed by atoms with E-state index in [1.165, 1.54) is 12.4 Å². The molecule has 4 heterocycles. The fourth-order valence-corrected chi connectivity index (χ4v) is 3.90. The van der Waals surface area contributed by atoms with Gasteiger partial charge >= 0.3 is 0 Å². The van der Waals surface area contributed by atoms with E-state index in [1.807, 2.05) is 13.8 Å². The minimum Gasteiger partial charge on any atom is -0.376 e. The number of likely N-dealkylation sites (tertiary alicyclic amines) is 1. The summed E-state index contributed by atoms with van der Waals surface area (Å²) in [6.45, 7) is 7.91. The van der Waals surface area contributed by atoms with E-state index in [0.29, 0.717) is 30.7 Å². The maximum absolute atomic E-state index is 12.2. The van der Waals surface area contributed by atoms with Gasteiger partial charge in [0.2, 0.25) is 0 Å². The fraction of sp³-hybridized carbons (Fsp3) is 0.556. The molecule has 0 saturated carbocycles. The molecule has 8 nitrogen and oxygen atoms in total. The number of aromatic nitrogens is 3. The summed E-state index contributed by atoms with van der Waals surface area (Å²) in [6, 6.07) is 0. The summed E-state index contributed by atoms with van der Waals surface area (Å²) in [5.74, 6) is 1.44. The van der Waals surface area contributed by atoms with Crippen LogP contribution < -0.4 is 5.32 Å². The van der Waals surface area contributed by atoms with Gasteiger partial charge in [0, 0.05) is 56.0 Å². The lowest BCUT2D eigenvalue weighted by molar-refractivity contribution is 0.0900. The second kappa shape index (κ2) is 7.13. The summed E-state index contributed by atoms with van der Waals surface area (Å²) in [4.78, 5) is 22.5. The molecule has 0 aromatic carbocycles. The van der Waals surface area contributed by atoms with E-state index in [2.05, 4.69) is 25.3 Å². The minimum atomic E-state index is -0.188. The molecule has 2 fully saturated rings. The first kappa shape index (κ1) is 17.1. The summed E-state index contributed by atoms with van der Waals surface area (Å²) in [7, 11) is 0. The van der Waals surface area contributed by atoms with Crippen LogP contribution in [0.15, 0.2) is 23.1 Å². The van der Waals surface area contributed by atoms with Crippen molar-refractivity contribution in [2.24, 2.45) is 11.8 Å². The Morgan fingerprint density at radius 2 is 2.23 bits per heavy atom. The summed E-state index contributed by atoms with van der Waals surface area (Å²) >= 11 is 0. The molecule has 0 unspecified atom stereocenters. The molecule has 4 rings (SSSR count). The Morgan fingerprint density at radius 3 is 2.96 bits per heavy atom. The van der Waals surface area contributed by atoms with Crippen molar-refractivity contribution in [3.8, 4) is 0 Å². The van der Waals surface area contributed by atoms with Gasteiger partial charge in [-0.25, -0.2) is 4.98 Å². The molecule has 138 valence electrons. The lowest BCUT2D eigenvalue weighted by atomic mass is 9.93.